The number of hydrogen-bond acceptors (Lipinski definition) is 3. The van der Waals surface area contributed by atoms with Crippen LogP contribution in [0.2, 0.25) is 0 Å². The van der Waals surface area contributed by atoms with E-state index in [9.17, 15) is 5.11 Å². The number of aliphatic hydroxyl groups is 1. The maximum Gasteiger partial charge on any atom is 0.164 e. The first kappa shape index (κ1) is 20.5. The van der Waals surface area contributed by atoms with Gasteiger partial charge in [-0.15, -0.1) is 0 Å². The Morgan fingerprint density at radius 2 is 1.72 bits per heavy atom. The Morgan fingerprint density at radius 1 is 1.00 bits per heavy atom. The molecule has 4 aliphatic carbocycles. The molecular formula is C26H42O3. The molecule has 164 valence electrons. The summed E-state index contributed by atoms with van der Waals surface area (Å²) in [5.41, 5.74) is 2.29. The smallest absolute Gasteiger partial charge is 0.164 e. The van der Waals surface area contributed by atoms with E-state index in [1.54, 1.807) is 7.11 Å². The lowest BCUT2D eigenvalue weighted by Gasteiger charge is -2.70. The molecule has 0 amide bonds. The van der Waals surface area contributed by atoms with Crippen molar-refractivity contribution in [2.24, 2.45) is 45.3 Å². The van der Waals surface area contributed by atoms with Crippen molar-refractivity contribution in [2.75, 3.05) is 13.7 Å². The van der Waals surface area contributed by atoms with Gasteiger partial charge in [0.15, 0.2) is 6.29 Å². The quantitative estimate of drug-likeness (QED) is 0.583. The zero-order valence-corrected chi connectivity index (χ0v) is 19.5. The number of fused-ring (bicyclic) bond motifs is 7. The van der Waals surface area contributed by atoms with Gasteiger partial charge in [0.1, 0.15) is 0 Å². The second-order valence-electron chi connectivity index (χ2n) is 12.6. The average Bonchev–Trinajstić information content (AvgIpc) is 3.08. The molecule has 9 atom stereocenters. The third-order valence-corrected chi connectivity index (χ3v) is 11.2. The second kappa shape index (κ2) is 6.33. The predicted molar refractivity (Wildman–Crippen MR) is 115 cm³/mol. The van der Waals surface area contributed by atoms with Crippen LogP contribution >= 0.6 is 0 Å². The van der Waals surface area contributed by atoms with Gasteiger partial charge in [0.2, 0.25) is 0 Å². The van der Waals surface area contributed by atoms with E-state index < -0.39 is 0 Å². The third-order valence-electron chi connectivity index (χ3n) is 11.2. The van der Waals surface area contributed by atoms with Gasteiger partial charge in [-0.3, -0.25) is 0 Å². The van der Waals surface area contributed by atoms with Crippen molar-refractivity contribution in [1.82, 2.24) is 0 Å². The lowest BCUT2D eigenvalue weighted by molar-refractivity contribution is -0.249. The number of ether oxygens (including phenoxy) is 2. The zero-order valence-electron chi connectivity index (χ0n) is 19.5. The van der Waals surface area contributed by atoms with Crippen LogP contribution in [-0.4, -0.2) is 31.2 Å². The fourth-order valence-electron chi connectivity index (χ4n) is 9.90. The Balaban J connectivity index is 1.58. The van der Waals surface area contributed by atoms with E-state index in [0.717, 1.165) is 18.8 Å². The largest absolute Gasteiger partial charge is 0.393 e. The predicted octanol–water partition coefficient (Wildman–Crippen LogP) is 5.57. The number of hydrogen-bond donors (Lipinski definition) is 1. The molecule has 1 saturated heterocycles. The van der Waals surface area contributed by atoms with Crippen LogP contribution in [0.3, 0.4) is 0 Å². The molecule has 4 fully saturated rings. The van der Waals surface area contributed by atoms with Crippen LogP contribution in [0, 0.1) is 45.3 Å². The van der Waals surface area contributed by atoms with E-state index in [1.807, 2.05) is 0 Å². The van der Waals surface area contributed by atoms with Gasteiger partial charge in [-0.2, -0.15) is 0 Å². The van der Waals surface area contributed by atoms with Crippen molar-refractivity contribution >= 4 is 0 Å². The lowest BCUT2D eigenvalue weighted by Crippen LogP contribution is -2.66. The van der Waals surface area contributed by atoms with Crippen molar-refractivity contribution in [3.05, 3.63) is 11.6 Å². The molecular weight excluding hydrogens is 360 g/mol. The zero-order chi connectivity index (χ0) is 20.8. The van der Waals surface area contributed by atoms with Crippen LogP contribution in [0.25, 0.3) is 0 Å². The summed E-state index contributed by atoms with van der Waals surface area (Å²) in [4.78, 5) is 0. The second-order valence-corrected chi connectivity index (χ2v) is 12.6. The van der Waals surface area contributed by atoms with E-state index in [1.165, 1.54) is 37.7 Å². The molecule has 3 nitrogen and oxygen atoms in total. The van der Waals surface area contributed by atoms with E-state index in [-0.39, 0.29) is 29.1 Å². The van der Waals surface area contributed by atoms with E-state index >= 15 is 0 Å². The molecule has 0 aromatic heterocycles. The highest BCUT2D eigenvalue weighted by Gasteiger charge is 2.69. The summed E-state index contributed by atoms with van der Waals surface area (Å²) >= 11 is 0. The van der Waals surface area contributed by atoms with Crippen molar-refractivity contribution in [3.63, 3.8) is 0 Å². The fraction of sp³-hybridized carbons (Fsp3) is 0.923. The normalized spacial score (nSPS) is 55.9. The SMILES string of the molecule is CO[C@@H]1OCC2=CCC3[C@]4(C)CCC5C(C)(C)CCC[C@]5(C)C4C[C@@H](O)[C@]3(C)[C@H]21. The Hall–Kier alpha value is -0.380. The molecule has 29 heavy (non-hydrogen) atoms. The van der Waals surface area contributed by atoms with Gasteiger partial charge in [-0.05, 0) is 78.1 Å². The third kappa shape index (κ3) is 2.47. The molecule has 0 aromatic rings. The maximum absolute atomic E-state index is 11.8. The summed E-state index contributed by atoms with van der Waals surface area (Å²) in [6.07, 6.45) is 10.7. The fourth-order valence-corrected chi connectivity index (χ4v) is 9.90. The van der Waals surface area contributed by atoms with E-state index in [0.29, 0.717) is 29.3 Å². The molecule has 0 aromatic carbocycles. The molecule has 0 bridgehead atoms. The van der Waals surface area contributed by atoms with Gasteiger partial charge in [0.05, 0.1) is 12.7 Å². The number of allylic oxidation sites excluding steroid dienone is 1. The molecule has 0 radical (unpaired) electrons. The van der Waals surface area contributed by atoms with E-state index in [2.05, 4.69) is 40.7 Å². The highest BCUT2D eigenvalue weighted by Crippen LogP contribution is 2.73. The van der Waals surface area contributed by atoms with Crippen LogP contribution in [0.5, 0.6) is 0 Å². The molecule has 3 saturated carbocycles. The Bertz CT molecular complexity index is 713. The highest BCUT2D eigenvalue weighted by molar-refractivity contribution is 5.27. The summed E-state index contributed by atoms with van der Waals surface area (Å²) in [6.45, 7) is 13.2. The van der Waals surface area contributed by atoms with Gasteiger partial charge < -0.3 is 14.6 Å². The lowest BCUT2D eigenvalue weighted by atomic mass is 9.34. The standard InChI is InChI=1S/C26H42O3/c1-23(2)11-7-12-24(3)17(23)10-13-25(4)18-9-8-16-15-29-22(28-6)21(16)26(18,5)20(27)14-19(24)25/h8,17-22,27H,7,9-15H2,1-6H3/t17?,18?,19?,20-,21-,22-,24+,25+,26-/m1/s1. The van der Waals surface area contributed by atoms with Crippen LogP contribution < -0.4 is 0 Å². The number of rotatable bonds is 1. The van der Waals surface area contributed by atoms with Crippen LogP contribution in [0.1, 0.15) is 79.6 Å². The first-order valence-corrected chi connectivity index (χ1v) is 12.1. The molecule has 3 heteroatoms. The molecule has 1 aliphatic heterocycles. The first-order chi connectivity index (χ1) is 13.6. The molecule has 0 spiro atoms. The molecule has 3 unspecified atom stereocenters. The minimum absolute atomic E-state index is 0.153. The van der Waals surface area contributed by atoms with Crippen molar-refractivity contribution < 1.29 is 14.6 Å². The Kier molecular flexibility index (Phi) is 4.48. The van der Waals surface area contributed by atoms with E-state index in [4.69, 9.17) is 9.47 Å². The van der Waals surface area contributed by atoms with Gasteiger partial charge in [0, 0.05) is 18.4 Å². The summed E-state index contributed by atoms with van der Waals surface area (Å²) in [6, 6.07) is 0. The molecule has 1 N–H and O–H groups in total. The van der Waals surface area contributed by atoms with Gasteiger partial charge in [0.25, 0.3) is 0 Å². The maximum atomic E-state index is 11.8. The first-order valence-electron chi connectivity index (χ1n) is 12.1. The highest BCUT2D eigenvalue weighted by atomic mass is 16.7. The number of methoxy groups -OCH3 is 1. The van der Waals surface area contributed by atoms with Gasteiger partial charge >= 0.3 is 0 Å². The molecule has 5 rings (SSSR count). The topological polar surface area (TPSA) is 38.7 Å². The summed E-state index contributed by atoms with van der Waals surface area (Å²) in [5, 5.41) is 11.8. The minimum atomic E-state index is -0.278. The average molecular weight is 403 g/mol. The van der Waals surface area contributed by atoms with Gasteiger partial charge in [-0.25, -0.2) is 0 Å². The van der Waals surface area contributed by atoms with Crippen LogP contribution in [-0.2, 0) is 9.47 Å². The number of aliphatic hydroxyl groups excluding tert-OH is 1. The Labute approximate surface area is 177 Å². The van der Waals surface area contributed by atoms with Crippen LogP contribution in [0.15, 0.2) is 11.6 Å². The Morgan fingerprint density at radius 3 is 2.45 bits per heavy atom. The summed E-state index contributed by atoms with van der Waals surface area (Å²) in [5.74, 6) is 2.10. The van der Waals surface area contributed by atoms with Crippen LogP contribution in [0.4, 0.5) is 0 Å². The minimum Gasteiger partial charge on any atom is -0.393 e. The molecule has 1 heterocycles. The van der Waals surface area contributed by atoms with Gasteiger partial charge in [-0.1, -0.05) is 47.1 Å². The van der Waals surface area contributed by atoms with Crippen molar-refractivity contribution in [3.8, 4) is 0 Å². The molecule has 5 aliphatic rings. The summed E-state index contributed by atoms with van der Waals surface area (Å²) in [7, 11) is 1.76. The summed E-state index contributed by atoms with van der Waals surface area (Å²) < 4.78 is 11.8. The monoisotopic (exact) mass is 402 g/mol. The van der Waals surface area contributed by atoms with Crippen molar-refractivity contribution in [2.45, 2.75) is 92.0 Å². The van der Waals surface area contributed by atoms with Crippen molar-refractivity contribution in [1.29, 1.82) is 0 Å².